The fourth-order valence-corrected chi connectivity index (χ4v) is 1.44. The summed E-state index contributed by atoms with van der Waals surface area (Å²) in [6, 6.07) is 7.99. The van der Waals surface area contributed by atoms with E-state index in [4.69, 9.17) is 9.84 Å². The minimum atomic E-state index is 0.270. The molecule has 84 valence electrons. The summed E-state index contributed by atoms with van der Waals surface area (Å²) in [5, 5.41) is 8.69. The van der Waals surface area contributed by atoms with Gasteiger partial charge in [-0.15, -0.1) is 0 Å². The van der Waals surface area contributed by atoms with Crippen LogP contribution < -0.4 is 9.64 Å². The first-order valence-corrected chi connectivity index (χ1v) is 5.24. The van der Waals surface area contributed by atoms with Crippen molar-refractivity contribution >= 4 is 5.69 Å². The molecule has 0 aromatic heterocycles. The number of hydrogen-bond donors (Lipinski definition) is 1. The van der Waals surface area contributed by atoms with Gasteiger partial charge in [0.25, 0.3) is 0 Å². The van der Waals surface area contributed by atoms with Gasteiger partial charge >= 0.3 is 0 Å². The lowest BCUT2D eigenvalue weighted by molar-refractivity contribution is 0.285. The topological polar surface area (TPSA) is 32.7 Å². The molecule has 15 heavy (non-hydrogen) atoms. The molecule has 0 saturated carbocycles. The number of ether oxygens (including phenoxy) is 1. The van der Waals surface area contributed by atoms with Crippen LogP contribution in [0.1, 0.15) is 12.8 Å². The molecule has 1 aromatic carbocycles. The van der Waals surface area contributed by atoms with E-state index in [9.17, 15) is 0 Å². The highest BCUT2D eigenvalue weighted by Gasteiger charge is 2.01. The maximum Gasteiger partial charge on any atom is 0.120 e. The molecule has 1 N–H and O–H groups in total. The average Bonchev–Trinajstić information content (AvgIpc) is 2.29. The van der Waals surface area contributed by atoms with Gasteiger partial charge in [-0.2, -0.15) is 0 Å². The van der Waals surface area contributed by atoms with E-state index in [1.54, 1.807) is 7.11 Å². The van der Waals surface area contributed by atoms with Crippen LogP contribution in [0.3, 0.4) is 0 Å². The van der Waals surface area contributed by atoms with Crippen LogP contribution in [0.15, 0.2) is 24.3 Å². The largest absolute Gasteiger partial charge is 0.497 e. The number of rotatable bonds is 6. The first kappa shape index (κ1) is 11.9. The Morgan fingerprint density at radius 1 is 1.33 bits per heavy atom. The fraction of sp³-hybridized carbons (Fsp3) is 0.500. The Hall–Kier alpha value is -1.22. The number of unbranched alkanes of at least 4 members (excludes halogenated alkanes) is 1. The Balaban J connectivity index is 2.52. The van der Waals surface area contributed by atoms with Crippen LogP contribution in [0, 0.1) is 0 Å². The third-order valence-electron chi connectivity index (χ3n) is 2.40. The molecule has 0 spiro atoms. The lowest BCUT2D eigenvalue weighted by Crippen LogP contribution is -2.18. The van der Waals surface area contributed by atoms with Crippen molar-refractivity contribution in [3.63, 3.8) is 0 Å². The number of methoxy groups -OCH3 is 1. The van der Waals surface area contributed by atoms with Gasteiger partial charge in [-0.25, -0.2) is 0 Å². The van der Waals surface area contributed by atoms with Crippen LogP contribution in [-0.2, 0) is 0 Å². The standard InChI is InChI=1S/C12H19NO2/c1-13(8-3-4-9-14)11-6-5-7-12(10-11)15-2/h5-7,10,14H,3-4,8-9H2,1-2H3. The second kappa shape index (κ2) is 6.30. The Morgan fingerprint density at radius 3 is 2.80 bits per heavy atom. The third kappa shape index (κ3) is 3.80. The van der Waals surface area contributed by atoms with Crippen molar-refractivity contribution in [2.75, 3.05) is 32.2 Å². The van der Waals surface area contributed by atoms with Gasteiger partial charge in [0.1, 0.15) is 5.75 Å². The van der Waals surface area contributed by atoms with Gasteiger partial charge in [0.15, 0.2) is 0 Å². The molecule has 0 bridgehead atoms. The van der Waals surface area contributed by atoms with E-state index in [0.717, 1.165) is 30.8 Å². The zero-order valence-corrected chi connectivity index (χ0v) is 9.44. The SMILES string of the molecule is COc1cccc(N(C)CCCCO)c1. The fourth-order valence-electron chi connectivity index (χ4n) is 1.44. The summed E-state index contributed by atoms with van der Waals surface area (Å²) in [5.41, 5.74) is 1.15. The summed E-state index contributed by atoms with van der Waals surface area (Å²) < 4.78 is 5.16. The Labute approximate surface area is 91.3 Å². The zero-order chi connectivity index (χ0) is 11.1. The van der Waals surface area contributed by atoms with Crippen LogP contribution in [0.5, 0.6) is 5.75 Å². The summed E-state index contributed by atoms with van der Waals surface area (Å²) in [5.74, 6) is 0.876. The molecule has 0 aliphatic heterocycles. The number of aliphatic hydroxyl groups is 1. The second-order valence-electron chi connectivity index (χ2n) is 3.55. The molecular formula is C12H19NO2. The van der Waals surface area contributed by atoms with Crippen LogP contribution >= 0.6 is 0 Å². The predicted octanol–water partition coefficient (Wildman–Crippen LogP) is 1.90. The summed E-state index contributed by atoms with van der Waals surface area (Å²) in [4.78, 5) is 2.16. The molecule has 0 radical (unpaired) electrons. The van der Waals surface area contributed by atoms with E-state index in [1.165, 1.54) is 0 Å². The van der Waals surface area contributed by atoms with Crippen LogP contribution in [0.4, 0.5) is 5.69 Å². The molecule has 1 aromatic rings. The van der Waals surface area contributed by atoms with Crippen LogP contribution in [-0.4, -0.2) is 32.4 Å². The van der Waals surface area contributed by atoms with Crippen molar-refractivity contribution in [1.29, 1.82) is 0 Å². The van der Waals surface area contributed by atoms with Crippen molar-refractivity contribution < 1.29 is 9.84 Å². The number of hydrogen-bond acceptors (Lipinski definition) is 3. The van der Waals surface area contributed by atoms with Gasteiger partial charge in [-0.3, -0.25) is 0 Å². The molecule has 0 aliphatic carbocycles. The van der Waals surface area contributed by atoms with Gasteiger partial charge in [0.05, 0.1) is 7.11 Å². The van der Waals surface area contributed by atoms with Crippen LogP contribution in [0.25, 0.3) is 0 Å². The van der Waals surface area contributed by atoms with Crippen molar-refractivity contribution in [3.8, 4) is 5.75 Å². The number of aliphatic hydroxyl groups excluding tert-OH is 1. The molecule has 0 fully saturated rings. The minimum absolute atomic E-state index is 0.270. The first-order chi connectivity index (χ1) is 7.27. The monoisotopic (exact) mass is 209 g/mol. The quantitative estimate of drug-likeness (QED) is 0.726. The van der Waals surface area contributed by atoms with E-state index in [1.807, 2.05) is 25.2 Å². The second-order valence-corrected chi connectivity index (χ2v) is 3.55. The summed E-state index contributed by atoms with van der Waals surface area (Å²) in [7, 11) is 3.72. The number of nitrogens with zero attached hydrogens (tertiary/aromatic N) is 1. The predicted molar refractivity (Wildman–Crippen MR) is 62.6 cm³/mol. The van der Waals surface area contributed by atoms with E-state index < -0.39 is 0 Å². The molecule has 0 aliphatic rings. The van der Waals surface area contributed by atoms with Crippen LogP contribution in [0.2, 0.25) is 0 Å². The maximum absolute atomic E-state index is 8.69. The number of anilines is 1. The number of benzene rings is 1. The van der Waals surface area contributed by atoms with E-state index >= 15 is 0 Å². The van der Waals surface area contributed by atoms with Crippen molar-refractivity contribution in [3.05, 3.63) is 24.3 Å². The normalized spacial score (nSPS) is 10.1. The molecule has 0 heterocycles. The summed E-state index contributed by atoms with van der Waals surface area (Å²) >= 11 is 0. The smallest absolute Gasteiger partial charge is 0.120 e. The lowest BCUT2D eigenvalue weighted by Gasteiger charge is -2.19. The van der Waals surface area contributed by atoms with Gasteiger partial charge < -0.3 is 14.7 Å². The van der Waals surface area contributed by atoms with E-state index in [-0.39, 0.29) is 6.61 Å². The Bertz CT molecular complexity index is 289. The van der Waals surface area contributed by atoms with E-state index in [0.29, 0.717) is 0 Å². The van der Waals surface area contributed by atoms with Gasteiger partial charge in [0, 0.05) is 32.0 Å². The minimum Gasteiger partial charge on any atom is -0.497 e. The molecule has 0 atom stereocenters. The van der Waals surface area contributed by atoms with Gasteiger partial charge in [-0.05, 0) is 25.0 Å². The maximum atomic E-state index is 8.69. The Morgan fingerprint density at radius 2 is 2.13 bits per heavy atom. The zero-order valence-electron chi connectivity index (χ0n) is 9.44. The molecule has 0 unspecified atom stereocenters. The van der Waals surface area contributed by atoms with E-state index in [2.05, 4.69) is 11.0 Å². The van der Waals surface area contributed by atoms with Gasteiger partial charge in [0.2, 0.25) is 0 Å². The molecule has 0 amide bonds. The highest BCUT2D eigenvalue weighted by atomic mass is 16.5. The first-order valence-electron chi connectivity index (χ1n) is 5.24. The highest BCUT2D eigenvalue weighted by molar-refractivity contribution is 5.49. The van der Waals surface area contributed by atoms with Gasteiger partial charge in [-0.1, -0.05) is 6.07 Å². The third-order valence-corrected chi connectivity index (χ3v) is 2.40. The van der Waals surface area contributed by atoms with Crippen molar-refractivity contribution in [2.45, 2.75) is 12.8 Å². The molecule has 0 saturated heterocycles. The summed E-state index contributed by atoms with van der Waals surface area (Å²) in [6.45, 7) is 1.22. The van der Waals surface area contributed by atoms with Crippen molar-refractivity contribution in [1.82, 2.24) is 0 Å². The Kier molecular flexibility index (Phi) is 4.98. The molecular weight excluding hydrogens is 190 g/mol. The average molecular weight is 209 g/mol. The molecule has 1 rings (SSSR count). The highest BCUT2D eigenvalue weighted by Crippen LogP contribution is 2.19. The lowest BCUT2D eigenvalue weighted by atomic mass is 10.2. The summed E-state index contributed by atoms with van der Waals surface area (Å²) in [6.07, 6.45) is 1.86. The molecule has 3 heteroatoms. The molecule has 3 nitrogen and oxygen atoms in total. The van der Waals surface area contributed by atoms with Crippen molar-refractivity contribution in [2.24, 2.45) is 0 Å².